The van der Waals surface area contributed by atoms with Crippen LogP contribution in [-0.2, 0) is 46.4 Å². The molecule has 0 aliphatic carbocycles. The maximum atomic E-state index is 14.4. The minimum absolute atomic E-state index is 0.161. The zero-order valence-electron chi connectivity index (χ0n) is 39.9. The van der Waals surface area contributed by atoms with E-state index in [1.807, 2.05) is 26.8 Å². The first-order valence-electron chi connectivity index (χ1n) is 23.6. The van der Waals surface area contributed by atoms with Crippen LogP contribution in [0.3, 0.4) is 0 Å². The Hall–Kier alpha value is -5.12. The number of piperidine rings is 1. The number of hydrogen-bond acceptors (Lipinski definition) is 10. The molecule has 65 heavy (non-hydrogen) atoms. The summed E-state index contributed by atoms with van der Waals surface area (Å²) in [7, 11) is 3.35. The molecule has 3 fully saturated rings. The first-order chi connectivity index (χ1) is 31.1. The number of nitrogens with zero attached hydrogens (tertiary/aromatic N) is 6. The monoisotopic (exact) mass is 897 g/mol. The van der Waals surface area contributed by atoms with Gasteiger partial charge in [-0.2, -0.15) is 0 Å². The summed E-state index contributed by atoms with van der Waals surface area (Å²) in [6.45, 7) is 21.1. The van der Waals surface area contributed by atoms with Crippen LogP contribution in [0.15, 0.2) is 49.2 Å². The van der Waals surface area contributed by atoms with Crippen LogP contribution in [0, 0.1) is 17.3 Å². The fourth-order valence-corrected chi connectivity index (χ4v) is 10.3. The maximum absolute atomic E-state index is 14.4. The summed E-state index contributed by atoms with van der Waals surface area (Å²) in [5, 5.41) is 5.93. The second kappa shape index (κ2) is 21.9. The molecule has 1 unspecified atom stereocenters. The van der Waals surface area contributed by atoms with Crippen LogP contribution in [-0.4, -0.2) is 138 Å². The third kappa shape index (κ3) is 11.3. The first-order valence-corrected chi connectivity index (χ1v) is 23.6. The number of carbonyl (C=O) groups is 5. The quantitative estimate of drug-likeness (QED) is 0.117. The number of benzene rings is 1. The number of ether oxygens (including phenoxy) is 2. The van der Waals surface area contributed by atoms with Crippen LogP contribution in [0.25, 0.3) is 22.2 Å². The van der Waals surface area contributed by atoms with E-state index in [4.69, 9.17) is 14.5 Å². The standard InChI is InChI=1S/C50H72N8O7/c1-10-43(60)56-25-20-37(29-56)48(62)54(8)45(33(3)4)47(61)53-41(49(63)58-24-13-12-22-52-58)30-55-23-15-16-36(28-55)35-18-19-42-39(26-35)40(27-50(6,7)31-65-32-59)46(57(42)11-2)38-17-14-21-51-44(38)34(5)64-9/h10,14,17-19,21,26,32-34,36-37,41,45,52H,1,11-13,15-16,20,22-25,27-31H2,2-9H3,(H,53,61)/t34-,36+,37-,41-,45?/m0/s1. The molecule has 0 spiro atoms. The minimum atomic E-state index is -0.849. The molecule has 6 rings (SSSR count). The fraction of sp³-hybridized carbons (Fsp3) is 0.600. The normalized spacial score (nSPS) is 19.8. The highest BCUT2D eigenvalue weighted by molar-refractivity contribution is 5.94. The lowest BCUT2D eigenvalue weighted by Gasteiger charge is -2.38. The molecule has 15 nitrogen and oxygen atoms in total. The molecule has 354 valence electrons. The van der Waals surface area contributed by atoms with Gasteiger partial charge in [0.25, 0.3) is 12.4 Å². The molecule has 2 aromatic heterocycles. The number of methoxy groups -OCH3 is 1. The van der Waals surface area contributed by atoms with Gasteiger partial charge >= 0.3 is 0 Å². The van der Waals surface area contributed by atoms with E-state index < -0.39 is 18.0 Å². The number of hydrogen-bond donors (Lipinski definition) is 2. The lowest BCUT2D eigenvalue weighted by molar-refractivity contribution is -0.146. The number of fused-ring (bicyclic) bond motifs is 1. The number of aryl methyl sites for hydroxylation is 1. The van der Waals surface area contributed by atoms with Crippen molar-refractivity contribution in [2.45, 2.75) is 111 Å². The Morgan fingerprint density at radius 1 is 1.06 bits per heavy atom. The summed E-state index contributed by atoms with van der Waals surface area (Å²) in [5.74, 6) is -1.46. The van der Waals surface area contributed by atoms with Crippen molar-refractivity contribution in [3.63, 3.8) is 0 Å². The molecule has 5 atom stereocenters. The van der Waals surface area contributed by atoms with Crippen molar-refractivity contribution in [1.82, 2.24) is 40.0 Å². The maximum Gasteiger partial charge on any atom is 0.293 e. The van der Waals surface area contributed by atoms with Gasteiger partial charge in [0.15, 0.2) is 0 Å². The third-order valence-electron chi connectivity index (χ3n) is 13.6. The van der Waals surface area contributed by atoms with E-state index in [1.54, 1.807) is 30.3 Å². The predicted octanol–water partition coefficient (Wildman–Crippen LogP) is 5.48. The van der Waals surface area contributed by atoms with E-state index in [0.29, 0.717) is 52.0 Å². The Kier molecular flexibility index (Phi) is 16.6. The highest BCUT2D eigenvalue weighted by Gasteiger charge is 2.40. The molecule has 0 saturated carbocycles. The van der Waals surface area contributed by atoms with Crippen molar-refractivity contribution < 1.29 is 33.4 Å². The Balaban J connectivity index is 1.29. The van der Waals surface area contributed by atoms with Gasteiger partial charge < -0.3 is 34.1 Å². The van der Waals surface area contributed by atoms with Crippen LogP contribution >= 0.6 is 0 Å². The van der Waals surface area contributed by atoms with Crippen molar-refractivity contribution in [2.75, 3.05) is 66.6 Å². The summed E-state index contributed by atoms with van der Waals surface area (Å²) < 4.78 is 13.5. The molecule has 3 aliphatic heterocycles. The zero-order chi connectivity index (χ0) is 47.0. The number of likely N-dealkylation sites (tertiary alicyclic amines) is 2. The van der Waals surface area contributed by atoms with E-state index in [-0.39, 0.29) is 60.1 Å². The highest BCUT2D eigenvalue weighted by atomic mass is 16.5. The number of hydrazine groups is 1. The molecular weight excluding hydrogens is 825 g/mol. The van der Waals surface area contributed by atoms with Gasteiger partial charge in [-0.05, 0) is 112 Å². The average molecular weight is 897 g/mol. The van der Waals surface area contributed by atoms with Gasteiger partial charge in [0.05, 0.1) is 30.0 Å². The molecule has 2 N–H and O–H groups in total. The predicted molar refractivity (Wildman–Crippen MR) is 251 cm³/mol. The van der Waals surface area contributed by atoms with Crippen molar-refractivity contribution >= 4 is 41.0 Å². The average Bonchev–Trinajstić information content (AvgIpc) is 3.93. The second-order valence-electron chi connectivity index (χ2n) is 19.3. The third-order valence-corrected chi connectivity index (χ3v) is 13.6. The highest BCUT2D eigenvalue weighted by Crippen LogP contribution is 2.42. The van der Waals surface area contributed by atoms with E-state index >= 15 is 0 Å². The molecule has 3 saturated heterocycles. The SMILES string of the molecule is C=CC(=O)N1CC[C@H](C(=O)N(C)C(C(=O)N[C@@H](CN2CCC[C@@H](c3ccc4c(c3)c(CC(C)(C)COC=O)c(-c3cccnc3[C@H](C)OC)n4CC)C2)C(=O)N2CCCCN2)C(C)C)C1. The molecule has 4 amide bonds. The Morgan fingerprint density at radius 3 is 2.52 bits per heavy atom. The molecule has 3 aromatic rings. The second-order valence-corrected chi connectivity index (χ2v) is 19.3. The number of aromatic nitrogens is 2. The van der Waals surface area contributed by atoms with E-state index in [9.17, 15) is 24.0 Å². The van der Waals surface area contributed by atoms with Crippen LogP contribution < -0.4 is 10.7 Å². The van der Waals surface area contributed by atoms with Crippen molar-refractivity contribution in [2.24, 2.45) is 17.3 Å². The molecule has 0 bridgehead atoms. The molecule has 5 heterocycles. The Morgan fingerprint density at radius 2 is 1.85 bits per heavy atom. The summed E-state index contributed by atoms with van der Waals surface area (Å²) in [6, 6.07) is 9.21. The van der Waals surface area contributed by atoms with E-state index in [2.05, 4.69) is 71.8 Å². The molecule has 1 aromatic carbocycles. The number of likely N-dealkylation sites (N-methyl/N-ethyl adjacent to an activating group) is 1. The van der Waals surface area contributed by atoms with Crippen LogP contribution in [0.2, 0.25) is 0 Å². The molecule has 3 aliphatic rings. The number of pyridine rings is 1. The zero-order valence-corrected chi connectivity index (χ0v) is 39.9. The van der Waals surface area contributed by atoms with Crippen LogP contribution in [0.5, 0.6) is 0 Å². The Bertz CT molecular complexity index is 2180. The van der Waals surface area contributed by atoms with Gasteiger partial charge in [0, 0.05) is 88.0 Å². The Labute approximate surface area is 385 Å². The first kappa shape index (κ1) is 49.3. The molecule has 0 radical (unpaired) electrons. The van der Waals surface area contributed by atoms with Crippen molar-refractivity contribution in [3.8, 4) is 11.3 Å². The van der Waals surface area contributed by atoms with Crippen LogP contribution in [0.1, 0.15) is 102 Å². The van der Waals surface area contributed by atoms with Gasteiger partial charge in [0.1, 0.15) is 12.1 Å². The lowest BCUT2D eigenvalue weighted by atomic mass is 9.83. The topological polar surface area (TPSA) is 159 Å². The van der Waals surface area contributed by atoms with Gasteiger partial charge in [-0.1, -0.05) is 40.3 Å². The van der Waals surface area contributed by atoms with E-state index in [0.717, 1.165) is 72.2 Å². The molecular formula is C50H72N8O7. The summed E-state index contributed by atoms with van der Waals surface area (Å²) in [6.07, 6.45) is 7.70. The summed E-state index contributed by atoms with van der Waals surface area (Å²) >= 11 is 0. The van der Waals surface area contributed by atoms with E-state index in [1.165, 1.54) is 16.5 Å². The van der Waals surface area contributed by atoms with Crippen molar-refractivity contribution in [1.29, 1.82) is 0 Å². The number of amides is 4. The van der Waals surface area contributed by atoms with Crippen LogP contribution in [0.4, 0.5) is 0 Å². The number of nitrogens with one attached hydrogen (secondary N) is 2. The van der Waals surface area contributed by atoms with Crippen molar-refractivity contribution in [3.05, 3.63) is 66.0 Å². The van der Waals surface area contributed by atoms with Gasteiger partial charge in [-0.25, -0.2) is 5.43 Å². The molecule has 15 heteroatoms. The summed E-state index contributed by atoms with van der Waals surface area (Å²) in [4.78, 5) is 76.5. The number of rotatable bonds is 19. The van der Waals surface area contributed by atoms with Gasteiger partial charge in [0.2, 0.25) is 17.7 Å². The van der Waals surface area contributed by atoms with Gasteiger partial charge in [-0.3, -0.25) is 34.0 Å². The summed E-state index contributed by atoms with van der Waals surface area (Å²) in [5.41, 5.74) is 9.30. The largest absolute Gasteiger partial charge is 0.467 e. The fourth-order valence-electron chi connectivity index (χ4n) is 10.3. The van der Waals surface area contributed by atoms with Gasteiger partial charge in [-0.15, -0.1) is 0 Å². The lowest BCUT2D eigenvalue weighted by Crippen LogP contribution is -2.62. The smallest absolute Gasteiger partial charge is 0.293 e. The number of carbonyl (C=O) groups excluding carboxylic acids is 5. The minimum Gasteiger partial charge on any atom is -0.467 e.